The zero-order valence-corrected chi connectivity index (χ0v) is 34.1. The van der Waals surface area contributed by atoms with Gasteiger partial charge in [-0.1, -0.05) is 97.1 Å². The predicted molar refractivity (Wildman–Crippen MR) is 232 cm³/mol. The molecule has 2 N–H and O–H groups in total. The monoisotopic (exact) mass is 910 g/mol. The number of rotatable bonds is 8. The van der Waals surface area contributed by atoms with E-state index in [1.807, 2.05) is 48.5 Å². The minimum absolute atomic E-state index is 0.0818. The summed E-state index contributed by atoms with van der Waals surface area (Å²) in [6.45, 7) is 0. The number of nitrogens with zero attached hydrogens (tertiary/aromatic N) is 2. The van der Waals surface area contributed by atoms with E-state index < -0.39 is 53.9 Å². The van der Waals surface area contributed by atoms with E-state index in [4.69, 9.17) is 9.97 Å². The first-order valence-corrected chi connectivity index (χ1v) is 21.8. The Morgan fingerprint density at radius 1 is 0.375 bits per heavy atom. The summed E-state index contributed by atoms with van der Waals surface area (Å²) in [7, 11) is -13.1. The maximum Gasteiger partial charge on any atom is 0.534 e. The van der Waals surface area contributed by atoms with Crippen molar-refractivity contribution in [1.29, 1.82) is 0 Å². The molecule has 0 saturated heterocycles. The van der Waals surface area contributed by atoms with Crippen molar-refractivity contribution in [3.8, 4) is 56.0 Å². The highest BCUT2D eigenvalue weighted by Gasteiger charge is 2.50. The second kappa shape index (κ2) is 15.7. The molecule has 0 atom stereocenters. The molecule has 2 aliphatic heterocycles. The van der Waals surface area contributed by atoms with Gasteiger partial charge in [-0.05, 0) is 77.4 Å². The Labute approximate surface area is 360 Å². The molecular formula is C46H28F6N4O6S2. The van der Waals surface area contributed by atoms with Crippen LogP contribution in [-0.2, 0) is 20.2 Å². The zero-order chi connectivity index (χ0) is 45.0. The van der Waals surface area contributed by atoms with E-state index in [-0.39, 0.29) is 16.9 Å². The van der Waals surface area contributed by atoms with Crippen LogP contribution in [0, 0.1) is 0 Å². The van der Waals surface area contributed by atoms with Gasteiger partial charge in [0.1, 0.15) is 0 Å². The Morgan fingerprint density at radius 3 is 0.984 bits per heavy atom. The summed E-state index contributed by atoms with van der Waals surface area (Å²) in [5.41, 5.74) is -6.92. The largest absolute Gasteiger partial charge is 0.534 e. The first-order chi connectivity index (χ1) is 30.5. The Kier molecular flexibility index (Phi) is 10.3. The van der Waals surface area contributed by atoms with Crippen LogP contribution in [-0.4, -0.2) is 47.8 Å². The van der Waals surface area contributed by atoms with Gasteiger partial charge in [0.25, 0.3) is 0 Å². The number of nitrogens with one attached hydrogen (secondary N) is 2. The number of H-pyrrole nitrogens is 2. The molecule has 0 saturated carbocycles. The summed E-state index contributed by atoms with van der Waals surface area (Å²) in [6, 6.07) is 36.4. The average Bonchev–Trinajstić information content (AvgIpc) is 4.10. The van der Waals surface area contributed by atoms with E-state index in [0.717, 1.165) is 17.2 Å². The summed E-state index contributed by atoms with van der Waals surface area (Å²) >= 11 is 0. The van der Waals surface area contributed by atoms with E-state index >= 15 is 0 Å². The minimum Gasteiger partial charge on any atom is -0.375 e. The number of benzene rings is 4. The van der Waals surface area contributed by atoms with Gasteiger partial charge in [-0.25, -0.2) is 9.97 Å². The van der Waals surface area contributed by atoms with E-state index in [0.29, 0.717) is 62.3 Å². The van der Waals surface area contributed by atoms with Crippen LogP contribution in [0.2, 0.25) is 0 Å². The van der Waals surface area contributed by atoms with Crippen molar-refractivity contribution in [2.45, 2.75) is 11.0 Å². The van der Waals surface area contributed by atoms with Crippen LogP contribution in [0.15, 0.2) is 133 Å². The number of aromatic nitrogens is 4. The van der Waals surface area contributed by atoms with Gasteiger partial charge < -0.3 is 18.3 Å². The molecule has 0 unspecified atom stereocenters. The third-order valence-corrected chi connectivity index (χ3v) is 12.1. The fraction of sp³-hybridized carbons (Fsp3) is 0.0435. The summed E-state index contributed by atoms with van der Waals surface area (Å²) in [5.74, 6) is -2.45. The lowest BCUT2D eigenvalue weighted by atomic mass is 10.0. The Bertz CT molecular complexity index is 3340. The van der Waals surface area contributed by atoms with E-state index in [9.17, 15) is 43.2 Å². The minimum atomic E-state index is -6.53. The molecule has 0 fully saturated rings. The van der Waals surface area contributed by atoms with Crippen LogP contribution < -0.4 is 8.37 Å². The van der Waals surface area contributed by atoms with Gasteiger partial charge in [0.05, 0.1) is 28.3 Å². The van der Waals surface area contributed by atoms with Gasteiger partial charge in [-0.15, -0.1) is 0 Å². The molecule has 10 nitrogen and oxygen atoms in total. The molecule has 0 aliphatic carbocycles. The summed E-state index contributed by atoms with van der Waals surface area (Å²) in [5, 5.41) is 0. The number of fused-ring (bicyclic) bond motifs is 8. The Morgan fingerprint density at radius 2 is 0.672 bits per heavy atom. The van der Waals surface area contributed by atoms with Crippen LogP contribution in [0.3, 0.4) is 0 Å². The van der Waals surface area contributed by atoms with Gasteiger partial charge in [-0.2, -0.15) is 43.2 Å². The van der Waals surface area contributed by atoms with E-state index in [1.54, 1.807) is 72.8 Å². The third kappa shape index (κ3) is 7.70. The predicted octanol–water partition coefficient (Wildman–Crippen LogP) is 11.8. The maximum atomic E-state index is 13.9. The average molecular weight is 911 g/mol. The van der Waals surface area contributed by atoms with E-state index in [1.165, 1.54) is 18.2 Å². The molecular weight excluding hydrogens is 883 g/mol. The van der Waals surface area contributed by atoms with Crippen LogP contribution in [0.25, 0.3) is 90.9 Å². The molecule has 5 heterocycles. The van der Waals surface area contributed by atoms with Gasteiger partial charge in [0.2, 0.25) is 0 Å². The molecule has 18 heteroatoms. The Balaban J connectivity index is 1.49. The molecule has 9 rings (SSSR count). The molecule has 4 aromatic carbocycles. The van der Waals surface area contributed by atoms with Crippen molar-refractivity contribution in [2.24, 2.45) is 0 Å². The molecule has 3 aromatic heterocycles. The highest BCUT2D eigenvalue weighted by Crippen LogP contribution is 2.47. The van der Waals surface area contributed by atoms with Crippen molar-refractivity contribution < 1.29 is 51.5 Å². The quantitative estimate of drug-likeness (QED) is 0.0871. The number of aromatic amines is 2. The van der Waals surface area contributed by atoms with Crippen molar-refractivity contribution in [3.63, 3.8) is 0 Å². The van der Waals surface area contributed by atoms with Gasteiger partial charge in [0, 0.05) is 44.3 Å². The highest BCUT2D eigenvalue weighted by atomic mass is 32.2. The summed E-state index contributed by atoms with van der Waals surface area (Å²) in [4.78, 5) is 16.7. The molecule has 322 valence electrons. The third-order valence-electron chi connectivity index (χ3n) is 10.1. The lowest BCUT2D eigenvalue weighted by Crippen LogP contribution is -2.29. The molecule has 0 radical (unpaired) electrons. The number of hydrogen-bond acceptors (Lipinski definition) is 8. The standard InChI is InChI=1S/C46H28F6N4O6S2/c47-45(48,49)63(57,58)61-38-17-10-18-39(62-64(59,60)46(50,51)52)44(38)43-36-25-23-34(55-36)41(28-13-6-2-7-14-28)32-21-19-30(53-32)40(27-11-4-1-5-12-27)31-20-22-33(54-31)42(29-15-8-3-9-16-29)35-24-26-37(43)56-35/h1-26,53,56H. The molecule has 64 heavy (non-hydrogen) atoms. The first-order valence-electron chi connectivity index (χ1n) is 19.0. The van der Waals surface area contributed by atoms with Crippen LogP contribution >= 0.6 is 0 Å². The molecule has 2 aliphatic rings. The fourth-order valence-corrected chi connectivity index (χ4v) is 8.36. The van der Waals surface area contributed by atoms with Gasteiger partial charge >= 0.3 is 31.3 Å². The normalized spacial score (nSPS) is 13.0. The maximum absolute atomic E-state index is 13.9. The van der Waals surface area contributed by atoms with Crippen molar-refractivity contribution in [1.82, 2.24) is 19.9 Å². The van der Waals surface area contributed by atoms with Crippen molar-refractivity contribution >= 4 is 66.6 Å². The molecule has 8 bridgehead atoms. The smallest absolute Gasteiger partial charge is 0.375 e. The van der Waals surface area contributed by atoms with Crippen LogP contribution in [0.5, 0.6) is 11.5 Å². The molecule has 0 amide bonds. The molecule has 0 spiro atoms. The topological polar surface area (TPSA) is 144 Å². The first kappa shape index (κ1) is 41.9. The second-order valence-electron chi connectivity index (χ2n) is 14.2. The SMILES string of the molecule is O=S(=O)(Oc1cccc(OS(=O)(=O)C(F)(F)F)c1-c1c2nc(c(-c3ccccc3)c3ccc([nH]3)c(-c3ccccc3)c3nc(c(-c4ccccc4)c4ccc1[nH]4)C=C3)C=C2)C(F)(F)F. The number of hydrogen-bond donors (Lipinski definition) is 2. The number of alkyl halides is 6. The van der Waals surface area contributed by atoms with Crippen molar-refractivity contribution in [3.05, 3.63) is 156 Å². The zero-order valence-electron chi connectivity index (χ0n) is 32.4. The van der Waals surface area contributed by atoms with Crippen LogP contribution in [0.4, 0.5) is 26.3 Å². The van der Waals surface area contributed by atoms with Crippen molar-refractivity contribution in [2.75, 3.05) is 0 Å². The van der Waals surface area contributed by atoms with Gasteiger partial charge in [-0.3, -0.25) is 0 Å². The fourth-order valence-electron chi connectivity index (χ4n) is 7.42. The lowest BCUT2D eigenvalue weighted by Gasteiger charge is -2.18. The summed E-state index contributed by atoms with van der Waals surface area (Å²) < 4.78 is 143. The second-order valence-corrected chi connectivity index (χ2v) is 17.3. The summed E-state index contributed by atoms with van der Waals surface area (Å²) in [6.07, 6.45) is 6.56. The van der Waals surface area contributed by atoms with E-state index in [2.05, 4.69) is 18.3 Å². The number of halogens is 6. The molecule has 7 aromatic rings. The van der Waals surface area contributed by atoms with Gasteiger partial charge in [0.15, 0.2) is 11.5 Å². The Hall–Kier alpha value is -7.44. The lowest BCUT2D eigenvalue weighted by molar-refractivity contribution is -0.0502. The highest BCUT2D eigenvalue weighted by molar-refractivity contribution is 7.88. The van der Waals surface area contributed by atoms with Crippen LogP contribution in [0.1, 0.15) is 22.8 Å².